The number of hydrogen-bond donors (Lipinski definition) is 1. The van der Waals surface area contributed by atoms with E-state index in [1.54, 1.807) is 47.4 Å². The summed E-state index contributed by atoms with van der Waals surface area (Å²) < 4.78 is 18.5. The zero-order valence-corrected chi connectivity index (χ0v) is 18.5. The van der Waals surface area contributed by atoms with E-state index in [4.69, 9.17) is 4.74 Å². The number of ether oxygens (including phenoxy) is 1. The predicted octanol–water partition coefficient (Wildman–Crippen LogP) is 2.29. The number of rotatable bonds is 6. The van der Waals surface area contributed by atoms with Crippen LogP contribution in [0.1, 0.15) is 34.1 Å². The molecule has 0 aliphatic carbocycles. The van der Waals surface area contributed by atoms with E-state index >= 15 is 0 Å². The third kappa shape index (κ3) is 4.56. The van der Waals surface area contributed by atoms with E-state index in [-0.39, 0.29) is 11.8 Å². The molecule has 0 saturated carbocycles. The largest absolute Gasteiger partial charge is 0.379 e. The summed E-state index contributed by atoms with van der Waals surface area (Å²) >= 11 is 0. The van der Waals surface area contributed by atoms with Gasteiger partial charge in [-0.15, -0.1) is 0 Å². The van der Waals surface area contributed by atoms with Crippen LogP contribution in [0.5, 0.6) is 0 Å². The van der Waals surface area contributed by atoms with Gasteiger partial charge >= 0.3 is 0 Å². The maximum absolute atomic E-state index is 13.2. The summed E-state index contributed by atoms with van der Waals surface area (Å²) in [4.78, 5) is 30.8. The normalized spacial score (nSPS) is 18.8. The van der Waals surface area contributed by atoms with Gasteiger partial charge in [0.1, 0.15) is 0 Å². The van der Waals surface area contributed by atoms with Crippen LogP contribution in [-0.2, 0) is 15.5 Å². The first kappa shape index (κ1) is 21.7. The number of nitrogens with one attached hydrogen (secondary N) is 1. The van der Waals surface area contributed by atoms with Crippen LogP contribution < -0.4 is 10.2 Å². The van der Waals surface area contributed by atoms with Gasteiger partial charge in [0.2, 0.25) is 0 Å². The van der Waals surface area contributed by atoms with E-state index in [0.29, 0.717) is 39.7 Å². The fourth-order valence-corrected chi connectivity index (χ4v) is 5.29. The SMILES string of the molecule is CCN1C(=O)c2ccccc2[S@](=O)c2ccc(C(=O)NCCCN3CCOCC3)cc21. The van der Waals surface area contributed by atoms with Crippen molar-refractivity contribution in [2.75, 3.05) is 50.8 Å². The van der Waals surface area contributed by atoms with Crippen molar-refractivity contribution in [3.8, 4) is 0 Å². The summed E-state index contributed by atoms with van der Waals surface area (Å²) in [5, 5.41) is 2.96. The quantitative estimate of drug-likeness (QED) is 0.696. The summed E-state index contributed by atoms with van der Waals surface area (Å²) in [7, 11) is -1.49. The van der Waals surface area contributed by atoms with Crippen molar-refractivity contribution in [3.63, 3.8) is 0 Å². The lowest BCUT2D eigenvalue weighted by molar-refractivity contribution is 0.0374. The minimum Gasteiger partial charge on any atom is -0.379 e. The maximum Gasteiger partial charge on any atom is 0.259 e. The fourth-order valence-electron chi connectivity index (χ4n) is 3.95. The molecule has 2 heterocycles. The van der Waals surface area contributed by atoms with Crippen molar-refractivity contribution in [2.24, 2.45) is 0 Å². The number of hydrogen-bond acceptors (Lipinski definition) is 5. The number of anilines is 1. The smallest absolute Gasteiger partial charge is 0.259 e. The Kier molecular flexibility index (Phi) is 6.80. The van der Waals surface area contributed by atoms with Crippen LogP contribution in [0.15, 0.2) is 52.3 Å². The molecular formula is C23H27N3O4S. The Morgan fingerprint density at radius 3 is 2.68 bits per heavy atom. The third-order valence-corrected chi connectivity index (χ3v) is 7.13. The molecule has 2 aromatic rings. The van der Waals surface area contributed by atoms with Gasteiger partial charge in [-0.1, -0.05) is 12.1 Å². The van der Waals surface area contributed by atoms with Gasteiger partial charge in [0, 0.05) is 31.7 Å². The number of fused-ring (bicyclic) bond motifs is 2. The highest BCUT2D eigenvalue weighted by Gasteiger charge is 2.30. The number of morpholine rings is 1. The summed E-state index contributed by atoms with van der Waals surface area (Å²) in [5.74, 6) is -0.394. The van der Waals surface area contributed by atoms with Crippen LogP contribution in [0.4, 0.5) is 5.69 Å². The molecule has 1 fully saturated rings. The monoisotopic (exact) mass is 441 g/mol. The maximum atomic E-state index is 13.2. The van der Waals surface area contributed by atoms with Crippen LogP contribution in [0.2, 0.25) is 0 Å². The van der Waals surface area contributed by atoms with Gasteiger partial charge in [-0.2, -0.15) is 0 Å². The van der Waals surface area contributed by atoms with Crippen molar-refractivity contribution in [3.05, 3.63) is 53.6 Å². The summed E-state index contributed by atoms with van der Waals surface area (Å²) in [5.41, 5.74) is 1.43. The van der Waals surface area contributed by atoms with Crippen molar-refractivity contribution >= 4 is 28.3 Å². The van der Waals surface area contributed by atoms with Crippen LogP contribution in [0.25, 0.3) is 0 Å². The highest BCUT2D eigenvalue weighted by atomic mass is 32.2. The molecule has 4 rings (SSSR count). The molecule has 2 aliphatic heterocycles. The van der Waals surface area contributed by atoms with Crippen molar-refractivity contribution < 1.29 is 18.5 Å². The Balaban J connectivity index is 1.49. The zero-order chi connectivity index (χ0) is 21.8. The molecule has 31 heavy (non-hydrogen) atoms. The van der Waals surface area contributed by atoms with Gasteiger partial charge in [0.15, 0.2) is 0 Å². The van der Waals surface area contributed by atoms with Gasteiger partial charge in [-0.3, -0.25) is 14.5 Å². The number of carbonyl (C=O) groups is 2. The second-order valence-corrected chi connectivity index (χ2v) is 8.98. The molecule has 7 nitrogen and oxygen atoms in total. The first-order valence-corrected chi connectivity index (χ1v) is 11.8. The highest BCUT2D eigenvalue weighted by Crippen LogP contribution is 2.35. The molecule has 0 bridgehead atoms. The summed E-state index contributed by atoms with van der Waals surface area (Å²) in [6.45, 7) is 7.17. The van der Waals surface area contributed by atoms with E-state index in [0.717, 1.165) is 39.3 Å². The van der Waals surface area contributed by atoms with E-state index in [1.165, 1.54) is 0 Å². The highest BCUT2D eigenvalue weighted by molar-refractivity contribution is 7.85. The second kappa shape index (κ2) is 9.72. The van der Waals surface area contributed by atoms with E-state index in [1.807, 2.05) is 6.92 Å². The molecule has 1 atom stereocenters. The van der Waals surface area contributed by atoms with E-state index < -0.39 is 10.8 Å². The average molecular weight is 442 g/mol. The fraction of sp³-hybridized carbons (Fsp3) is 0.391. The molecule has 0 radical (unpaired) electrons. The predicted molar refractivity (Wildman–Crippen MR) is 119 cm³/mol. The van der Waals surface area contributed by atoms with Crippen LogP contribution in [-0.4, -0.2) is 66.9 Å². The lowest BCUT2D eigenvalue weighted by Gasteiger charge is -2.26. The molecule has 0 spiro atoms. The molecule has 1 saturated heterocycles. The summed E-state index contributed by atoms with van der Waals surface area (Å²) in [6, 6.07) is 12.0. The van der Waals surface area contributed by atoms with Gasteiger partial charge in [0.25, 0.3) is 11.8 Å². The minimum absolute atomic E-state index is 0.194. The second-order valence-electron chi connectivity index (χ2n) is 7.56. The lowest BCUT2D eigenvalue weighted by Crippen LogP contribution is -2.38. The van der Waals surface area contributed by atoms with Gasteiger partial charge < -0.3 is 15.0 Å². The Morgan fingerprint density at radius 2 is 1.90 bits per heavy atom. The molecule has 164 valence electrons. The standard InChI is InChI=1S/C23H27N3O4S/c1-2-26-19-16-17(22(27)24-10-5-11-25-12-14-30-15-13-25)8-9-21(19)31(29)20-7-4-3-6-18(20)23(26)28/h3-4,6-9,16H,2,5,10-15H2,1H3,(H,24,27)/t31-/m0/s1. The van der Waals surface area contributed by atoms with Crippen molar-refractivity contribution in [1.82, 2.24) is 10.2 Å². The Bertz CT molecular complexity index is 1000. The Morgan fingerprint density at radius 1 is 1.13 bits per heavy atom. The first-order valence-electron chi connectivity index (χ1n) is 10.6. The summed E-state index contributed by atoms with van der Waals surface area (Å²) in [6.07, 6.45) is 0.857. The van der Waals surface area contributed by atoms with Gasteiger partial charge in [0.05, 0.1) is 45.1 Å². The van der Waals surface area contributed by atoms with Crippen molar-refractivity contribution in [2.45, 2.75) is 23.1 Å². The van der Waals surface area contributed by atoms with Crippen LogP contribution >= 0.6 is 0 Å². The van der Waals surface area contributed by atoms with E-state index in [9.17, 15) is 13.8 Å². The average Bonchev–Trinajstić information content (AvgIpc) is 2.90. The molecule has 2 aromatic carbocycles. The number of carbonyl (C=O) groups excluding carboxylic acids is 2. The lowest BCUT2D eigenvalue weighted by atomic mass is 10.1. The zero-order valence-electron chi connectivity index (χ0n) is 17.6. The van der Waals surface area contributed by atoms with E-state index in [2.05, 4.69) is 10.2 Å². The molecule has 1 N–H and O–H groups in total. The van der Waals surface area contributed by atoms with Crippen LogP contribution in [0, 0.1) is 0 Å². The third-order valence-electron chi connectivity index (χ3n) is 5.63. The van der Waals surface area contributed by atoms with Gasteiger partial charge in [-0.25, -0.2) is 4.21 Å². The minimum atomic E-state index is -1.49. The first-order chi connectivity index (χ1) is 15.1. The van der Waals surface area contributed by atoms with Crippen molar-refractivity contribution in [1.29, 1.82) is 0 Å². The molecule has 2 aliphatic rings. The molecule has 8 heteroatoms. The molecule has 0 unspecified atom stereocenters. The van der Waals surface area contributed by atoms with Gasteiger partial charge in [-0.05, 0) is 50.2 Å². The number of benzene rings is 2. The Labute approximate surface area is 184 Å². The van der Waals surface area contributed by atoms with Crippen LogP contribution in [0.3, 0.4) is 0 Å². The number of nitrogens with zero attached hydrogens (tertiary/aromatic N) is 2. The molecule has 2 amide bonds. The molecule has 0 aromatic heterocycles. The Hall–Kier alpha value is -2.55. The topological polar surface area (TPSA) is 79.0 Å². The molecular weight excluding hydrogens is 414 g/mol. The number of amides is 2.